The van der Waals surface area contributed by atoms with E-state index in [1.165, 1.54) is 25.3 Å². The van der Waals surface area contributed by atoms with Gasteiger partial charge in [0.05, 0.1) is 11.6 Å². The van der Waals surface area contributed by atoms with Crippen LogP contribution in [0.3, 0.4) is 0 Å². The third-order valence-electron chi connectivity index (χ3n) is 2.24. The van der Waals surface area contributed by atoms with Gasteiger partial charge in [0.1, 0.15) is 11.8 Å². The molecule has 1 rings (SSSR count). The molecular formula is C11H13BrF3NO. The summed E-state index contributed by atoms with van der Waals surface area (Å²) in [4.78, 5) is 0. The number of ether oxygens (including phenoxy) is 1. The number of hydrogen-bond donors (Lipinski definition) is 1. The molecule has 1 aromatic carbocycles. The maximum atomic E-state index is 12.8. The van der Waals surface area contributed by atoms with Crippen LogP contribution in [-0.4, -0.2) is 19.8 Å². The molecule has 0 saturated heterocycles. The average molecular weight is 312 g/mol. The van der Waals surface area contributed by atoms with Crippen LogP contribution in [0.5, 0.6) is 5.75 Å². The third kappa shape index (κ3) is 3.61. The van der Waals surface area contributed by atoms with Gasteiger partial charge in [-0.1, -0.05) is 13.0 Å². The molecule has 0 bridgehead atoms. The summed E-state index contributed by atoms with van der Waals surface area (Å²) in [6, 6.07) is 2.68. The fourth-order valence-electron chi connectivity index (χ4n) is 1.49. The molecule has 0 saturated carbocycles. The molecule has 0 spiro atoms. The van der Waals surface area contributed by atoms with Crippen LogP contribution in [0.1, 0.15) is 18.5 Å². The Bertz CT molecular complexity index is 381. The van der Waals surface area contributed by atoms with E-state index in [0.717, 1.165) is 0 Å². The first kappa shape index (κ1) is 14.3. The summed E-state index contributed by atoms with van der Waals surface area (Å²) in [6.07, 6.45) is -4.32. The molecule has 2 nitrogen and oxygen atoms in total. The number of halogens is 4. The van der Waals surface area contributed by atoms with Gasteiger partial charge in [-0.15, -0.1) is 0 Å². The summed E-state index contributed by atoms with van der Waals surface area (Å²) in [5.74, 6) is 0.506. The van der Waals surface area contributed by atoms with Crippen molar-refractivity contribution in [3.05, 3.63) is 28.2 Å². The van der Waals surface area contributed by atoms with Crippen molar-refractivity contribution in [2.24, 2.45) is 0 Å². The number of nitrogens with one attached hydrogen (secondary N) is 1. The molecule has 1 unspecified atom stereocenters. The zero-order chi connectivity index (χ0) is 13.1. The standard InChI is InChI=1S/C11H13BrF3NO/c1-3-16-10(11(13,14)15)7-4-5-9(17-2)8(12)6-7/h4-6,10,16H,3H2,1-2H3. The van der Waals surface area contributed by atoms with E-state index in [1.54, 1.807) is 6.92 Å². The van der Waals surface area contributed by atoms with Crippen LogP contribution >= 0.6 is 15.9 Å². The highest BCUT2D eigenvalue weighted by atomic mass is 79.9. The largest absolute Gasteiger partial charge is 0.496 e. The maximum absolute atomic E-state index is 12.8. The lowest BCUT2D eigenvalue weighted by molar-refractivity contribution is -0.157. The van der Waals surface area contributed by atoms with Gasteiger partial charge < -0.3 is 10.1 Å². The molecule has 0 amide bonds. The summed E-state index contributed by atoms with van der Waals surface area (Å²) >= 11 is 3.17. The quantitative estimate of drug-likeness (QED) is 0.916. The van der Waals surface area contributed by atoms with E-state index in [2.05, 4.69) is 21.2 Å². The Labute approximate surface area is 106 Å². The van der Waals surface area contributed by atoms with Gasteiger partial charge in [-0.2, -0.15) is 13.2 Å². The Morgan fingerprint density at radius 3 is 2.47 bits per heavy atom. The Morgan fingerprint density at radius 2 is 2.06 bits per heavy atom. The van der Waals surface area contributed by atoms with Crippen LogP contribution in [0.15, 0.2) is 22.7 Å². The minimum atomic E-state index is -4.32. The van der Waals surface area contributed by atoms with Gasteiger partial charge in [-0.25, -0.2) is 0 Å². The zero-order valence-electron chi connectivity index (χ0n) is 9.44. The lowest BCUT2D eigenvalue weighted by Gasteiger charge is -2.22. The Morgan fingerprint density at radius 1 is 1.41 bits per heavy atom. The fourth-order valence-corrected chi connectivity index (χ4v) is 2.05. The summed E-state index contributed by atoms with van der Waals surface area (Å²) in [5, 5.41) is 2.42. The second kappa shape index (κ2) is 5.73. The summed E-state index contributed by atoms with van der Waals surface area (Å²) in [6.45, 7) is 1.88. The van der Waals surface area contributed by atoms with Crippen LogP contribution in [0, 0.1) is 0 Å². The zero-order valence-corrected chi connectivity index (χ0v) is 11.0. The topological polar surface area (TPSA) is 21.3 Å². The molecule has 0 aliphatic heterocycles. The van der Waals surface area contributed by atoms with Crippen molar-refractivity contribution >= 4 is 15.9 Å². The van der Waals surface area contributed by atoms with Crippen LogP contribution in [-0.2, 0) is 0 Å². The van der Waals surface area contributed by atoms with Gasteiger partial charge in [-0.05, 0) is 40.2 Å². The van der Waals surface area contributed by atoms with E-state index in [4.69, 9.17) is 4.74 Å². The molecule has 0 aliphatic carbocycles. The van der Waals surface area contributed by atoms with Gasteiger partial charge in [-0.3, -0.25) is 0 Å². The van der Waals surface area contributed by atoms with E-state index in [1.807, 2.05) is 0 Å². The predicted octanol–water partition coefficient (Wildman–Crippen LogP) is 3.67. The summed E-state index contributed by atoms with van der Waals surface area (Å²) < 4.78 is 43.9. The Kier molecular flexibility index (Phi) is 4.82. The monoisotopic (exact) mass is 311 g/mol. The molecule has 0 fully saturated rings. The van der Waals surface area contributed by atoms with Crippen LogP contribution in [0.2, 0.25) is 0 Å². The van der Waals surface area contributed by atoms with Crippen molar-refractivity contribution in [3.8, 4) is 5.75 Å². The fraction of sp³-hybridized carbons (Fsp3) is 0.455. The molecule has 0 aliphatic rings. The molecule has 6 heteroatoms. The summed E-state index contributed by atoms with van der Waals surface area (Å²) in [5.41, 5.74) is 0.159. The number of benzene rings is 1. The van der Waals surface area contributed by atoms with E-state index in [0.29, 0.717) is 10.2 Å². The second-order valence-electron chi connectivity index (χ2n) is 3.43. The molecule has 1 N–H and O–H groups in total. The van der Waals surface area contributed by atoms with Gasteiger partial charge in [0, 0.05) is 0 Å². The van der Waals surface area contributed by atoms with Gasteiger partial charge in [0.25, 0.3) is 0 Å². The average Bonchev–Trinajstić information content (AvgIpc) is 2.24. The number of methoxy groups -OCH3 is 1. The van der Waals surface area contributed by atoms with Gasteiger partial charge in [0.2, 0.25) is 0 Å². The van der Waals surface area contributed by atoms with Crippen molar-refractivity contribution in [2.45, 2.75) is 19.1 Å². The molecule has 0 aromatic heterocycles. The SMILES string of the molecule is CCNC(c1ccc(OC)c(Br)c1)C(F)(F)F. The number of alkyl halides is 3. The summed E-state index contributed by atoms with van der Waals surface area (Å²) in [7, 11) is 1.46. The van der Waals surface area contributed by atoms with E-state index >= 15 is 0 Å². The molecule has 0 heterocycles. The Balaban J connectivity index is 3.07. The number of hydrogen-bond acceptors (Lipinski definition) is 2. The molecular weight excluding hydrogens is 299 g/mol. The molecule has 0 radical (unpaired) electrons. The van der Waals surface area contributed by atoms with E-state index < -0.39 is 12.2 Å². The lowest BCUT2D eigenvalue weighted by atomic mass is 10.1. The Hall–Kier alpha value is -0.750. The maximum Gasteiger partial charge on any atom is 0.407 e. The highest BCUT2D eigenvalue weighted by Crippen LogP contribution is 2.35. The minimum absolute atomic E-state index is 0.159. The third-order valence-corrected chi connectivity index (χ3v) is 2.86. The minimum Gasteiger partial charge on any atom is -0.496 e. The molecule has 17 heavy (non-hydrogen) atoms. The second-order valence-corrected chi connectivity index (χ2v) is 4.28. The number of rotatable bonds is 4. The van der Waals surface area contributed by atoms with Crippen molar-refractivity contribution in [2.75, 3.05) is 13.7 Å². The van der Waals surface area contributed by atoms with Gasteiger partial charge in [0.15, 0.2) is 0 Å². The first-order valence-corrected chi connectivity index (χ1v) is 5.83. The van der Waals surface area contributed by atoms with Crippen molar-refractivity contribution in [3.63, 3.8) is 0 Å². The smallest absolute Gasteiger partial charge is 0.407 e. The van der Waals surface area contributed by atoms with E-state index in [9.17, 15) is 13.2 Å². The molecule has 1 aromatic rings. The normalized spacial score (nSPS) is 13.5. The predicted molar refractivity (Wildman–Crippen MR) is 63.2 cm³/mol. The van der Waals surface area contributed by atoms with E-state index in [-0.39, 0.29) is 12.1 Å². The van der Waals surface area contributed by atoms with Crippen LogP contribution in [0.4, 0.5) is 13.2 Å². The molecule has 96 valence electrons. The lowest BCUT2D eigenvalue weighted by Crippen LogP contribution is -2.34. The highest BCUT2D eigenvalue weighted by molar-refractivity contribution is 9.10. The first-order valence-electron chi connectivity index (χ1n) is 5.03. The van der Waals surface area contributed by atoms with Crippen LogP contribution in [0.25, 0.3) is 0 Å². The first-order chi connectivity index (χ1) is 7.90. The van der Waals surface area contributed by atoms with Crippen molar-refractivity contribution < 1.29 is 17.9 Å². The van der Waals surface area contributed by atoms with Gasteiger partial charge >= 0.3 is 6.18 Å². The molecule has 1 atom stereocenters. The van der Waals surface area contributed by atoms with Crippen molar-refractivity contribution in [1.82, 2.24) is 5.32 Å². The van der Waals surface area contributed by atoms with Crippen molar-refractivity contribution in [1.29, 1.82) is 0 Å². The highest BCUT2D eigenvalue weighted by Gasteiger charge is 2.40. The van der Waals surface area contributed by atoms with Crippen LogP contribution < -0.4 is 10.1 Å².